The monoisotopic (exact) mass is 306 g/mol. The van der Waals surface area contributed by atoms with E-state index in [1.165, 1.54) is 0 Å². The van der Waals surface area contributed by atoms with E-state index in [1.54, 1.807) is 16.9 Å². The molecule has 0 saturated heterocycles. The summed E-state index contributed by atoms with van der Waals surface area (Å²) < 4.78 is 1.76. The van der Waals surface area contributed by atoms with Gasteiger partial charge in [0.1, 0.15) is 0 Å². The lowest BCUT2D eigenvalue weighted by Gasteiger charge is -2.13. The first-order chi connectivity index (χ1) is 10.0. The van der Waals surface area contributed by atoms with Crippen LogP contribution in [-0.4, -0.2) is 28.8 Å². The van der Waals surface area contributed by atoms with E-state index in [4.69, 9.17) is 17.3 Å². The van der Waals surface area contributed by atoms with Crippen molar-refractivity contribution in [2.24, 2.45) is 5.73 Å². The Kier molecular flexibility index (Phi) is 4.98. The zero-order valence-corrected chi connectivity index (χ0v) is 12.9. The van der Waals surface area contributed by atoms with Crippen molar-refractivity contribution in [3.05, 3.63) is 46.7 Å². The molecule has 0 unspecified atom stereocenters. The highest BCUT2D eigenvalue weighted by molar-refractivity contribution is 6.30. The molecule has 1 heterocycles. The normalized spacial score (nSPS) is 10.9. The van der Waals surface area contributed by atoms with Crippen molar-refractivity contribution in [3.8, 4) is 5.69 Å². The van der Waals surface area contributed by atoms with E-state index in [0.29, 0.717) is 23.7 Å². The summed E-state index contributed by atoms with van der Waals surface area (Å²) in [5, 5.41) is 7.75. The van der Waals surface area contributed by atoms with Crippen LogP contribution in [0, 0.1) is 0 Å². The lowest BCUT2D eigenvalue weighted by molar-refractivity contribution is 0.0953. The van der Waals surface area contributed by atoms with Gasteiger partial charge in [0.15, 0.2) is 0 Å². The molecule has 0 aliphatic rings. The van der Waals surface area contributed by atoms with E-state index in [-0.39, 0.29) is 11.8 Å². The van der Waals surface area contributed by atoms with E-state index < -0.39 is 0 Å². The molecule has 0 spiro atoms. The van der Waals surface area contributed by atoms with Crippen molar-refractivity contribution in [1.82, 2.24) is 15.1 Å². The first-order valence-electron chi connectivity index (χ1n) is 6.86. The maximum absolute atomic E-state index is 12.2. The molecule has 0 fully saturated rings. The van der Waals surface area contributed by atoms with Crippen LogP contribution >= 0.6 is 11.6 Å². The summed E-state index contributed by atoms with van der Waals surface area (Å²) in [4.78, 5) is 12.2. The van der Waals surface area contributed by atoms with E-state index in [0.717, 1.165) is 11.4 Å². The van der Waals surface area contributed by atoms with Crippen LogP contribution in [0.1, 0.15) is 35.8 Å². The third-order valence-corrected chi connectivity index (χ3v) is 3.32. The summed E-state index contributed by atoms with van der Waals surface area (Å²) >= 11 is 6.03. The van der Waals surface area contributed by atoms with Crippen LogP contribution < -0.4 is 11.1 Å². The number of halogens is 1. The second-order valence-electron chi connectivity index (χ2n) is 5.03. The fourth-order valence-electron chi connectivity index (χ4n) is 2.18. The van der Waals surface area contributed by atoms with Gasteiger partial charge in [0.2, 0.25) is 0 Å². The molecule has 2 aromatic rings. The lowest BCUT2D eigenvalue weighted by atomic mass is 10.1. The predicted octanol–water partition coefficient (Wildman–Crippen LogP) is 2.34. The summed E-state index contributed by atoms with van der Waals surface area (Å²) in [6.45, 7) is 4.90. The van der Waals surface area contributed by atoms with E-state index in [2.05, 4.69) is 10.4 Å². The molecule has 0 bridgehead atoms. The van der Waals surface area contributed by atoms with Crippen molar-refractivity contribution in [2.45, 2.75) is 19.8 Å². The van der Waals surface area contributed by atoms with Crippen molar-refractivity contribution in [3.63, 3.8) is 0 Å². The Morgan fingerprint density at radius 1 is 1.48 bits per heavy atom. The standard InChI is InChI=1S/C15H19ClN4O/c1-10(2)14-13(15(21)18-7-6-17)9-19-20(14)12-5-3-4-11(16)8-12/h3-5,8-10H,6-7,17H2,1-2H3,(H,18,21). The van der Waals surface area contributed by atoms with Crippen LogP contribution in [0.2, 0.25) is 5.02 Å². The molecule has 5 nitrogen and oxygen atoms in total. The van der Waals surface area contributed by atoms with Crippen molar-refractivity contribution in [1.29, 1.82) is 0 Å². The molecule has 0 atom stereocenters. The van der Waals surface area contributed by atoms with Crippen molar-refractivity contribution >= 4 is 17.5 Å². The SMILES string of the molecule is CC(C)c1c(C(=O)NCCN)cnn1-c1cccc(Cl)c1. The maximum Gasteiger partial charge on any atom is 0.254 e. The van der Waals surface area contributed by atoms with E-state index in [1.807, 2.05) is 32.0 Å². The van der Waals surface area contributed by atoms with Crippen molar-refractivity contribution in [2.75, 3.05) is 13.1 Å². The minimum Gasteiger partial charge on any atom is -0.351 e. The average molecular weight is 307 g/mol. The van der Waals surface area contributed by atoms with Gasteiger partial charge in [0.05, 0.1) is 23.1 Å². The Morgan fingerprint density at radius 3 is 2.86 bits per heavy atom. The van der Waals surface area contributed by atoms with Gasteiger partial charge in [-0.15, -0.1) is 0 Å². The van der Waals surface area contributed by atoms with Gasteiger partial charge < -0.3 is 11.1 Å². The number of carbonyl (C=O) groups excluding carboxylic acids is 1. The van der Waals surface area contributed by atoms with E-state index in [9.17, 15) is 4.79 Å². The number of carbonyl (C=O) groups is 1. The first-order valence-corrected chi connectivity index (χ1v) is 7.24. The fraction of sp³-hybridized carbons (Fsp3) is 0.333. The number of hydrogen-bond acceptors (Lipinski definition) is 3. The molecule has 2 rings (SSSR count). The van der Waals surface area contributed by atoms with Crippen LogP contribution in [0.25, 0.3) is 5.69 Å². The van der Waals surface area contributed by atoms with Gasteiger partial charge in [-0.25, -0.2) is 4.68 Å². The first kappa shape index (κ1) is 15.5. The molecule has 6 heteroatoms. The van der Waals surface area contributed by atoms with Crippen LogP contribution in [0.15, 0.2) is 30.5 Å². The number of nitrogens with zero attached hydrogens (tertiary/aromatic N) is 2. The number of nitrogens with two attached hydrogens (primary N) is 1. The molecule has 0 saturated carbocycles. The average Bonchev–Trinajstić information content (AvgIpc) is 2.89. The summed E-state index contributed by atoms with van der Waals surface area (Å²) in [6.07, 6.45) is 1.59. The van der Waals surface area contributed by atoms with E-state index >= 15 is 0 Å². The fourth-order valence-corrected chi connectivity index (χ4v) is 2.37. The second kappa shape index (κ2) is 6.74. The highest BCUT2D eigenvalue weighted by Crippen LogP contribution is 2.24. The van der Waals surface area contributed by atoms with Crippen LogP contribution in [0.5, 0.6) is 0 Å². The Hall–Kier alpha value is -1.85. The van der Waals surface area contributed by atoms with Gasteiger partial charge in [0.25, 0.3) is 5.91 Å². The third kappa shape index (κ3) is 3.43. The van der Waals surface area contributed by atoms with Gasteiger partial charge in [-0.1, -0.05) is 31.5 Å². The van der Waals surface area contributed by atoms with Gasteiger partial charge in [0, 0.05) is 18.1 Å². The molecule has 0 radical (unpaired) electrons. The van der Waals surface area contributed by atoms with Gasteiger partial charge in [-0.3, -0.25) is 4.79 Å². The maximum atomic E-state index is 12.2. The number of nitrogens with one attached hydrogen (secondary N) is 1. The third-order valence-electron chi connectivity index (χ3n) is 3.08. The highest BCUT2D eigenvalue weighted by atomic mass is 35.5. The van der Waals surface area contributed by atoms with Gasteiger partial charge in [-0.2, -0.15) is 5.10 Å². The zero-order valence-electron chi connectivity index (χ0n) is 12.1. The van der Waals surface area contributed by atoms with Gasteiger partial charge in [-0.05, 0) is 24.1 Å². The number of rotatable bonds is 5. The topological polar surface area (TPSA) is 72.9 Å². The number of aromatic nitrogens is 2. The summed E-state index contributed by atoms with van der Waals surface area (Å²) in [7, 11) is 0. The Balaban J connectivity index is 2.44. The highest BCUT2D eigenvalue weighted by Gasteiger charge is 2.20. The smallest absolute Gasteiger partial charge is 0.254 e. The minimum atomic E-state index is -0.155. The Morgan fingerprint density at radius 2 is 2.24 bits per heavy atom. The van der Waals surface area contributed by atoms with Crippen LogP contribution in [-0.2, 0) is 0 Å². The number of hydrogen-bond donors (Lipinski definition) is 2. The van der Waals surface area contributed by atoms with Gasteiger partial charge >= 0.3 is 0 Å². The molecule has 1 aromatic carbocycles. The molecular formula is C15H19ClN4O. The summed E-state index contributed by atoms with van der Waals surface area (Å²) in [6, 6.07) is 7.39. The molecule has 1 amide bonds. The largest absolute Gasteiger partial charge is 0.351 e. The molecular weight excluding hydrogens is 288 g/mol. The molecule has 0 aliphatic carbocycles. The van der Waals surface area contributed by atoms with Crippen molar-refractivity contribution < 1.29 is 4.79 Å². The quantitative estimate of drug-likeness (QED) is 0.890. The van der Waals surface area contributed by atoms with Crippen LogP contribution in [0.3, 0.4) is 0 Å². The summed E-state index contributed by atoms with van der Waals surface area (Å²) in [5.74, 6) is -0.0115. The molecule has 3 N–H and O–H groups in total. The Bertz CT molecular complexity index is 636. The lowest BCUT2D eigenvalue weighted by Crippen LogP contribution is -2.29. The molecule has 21 heavy (non-hydrogen) atoms. The molecule has 1 aromatic heterocycles. The summed E-state index contributed by atoms with van der Waals surface area (Å²) in [5.41, 5.74) is 7.67. The van der Waals surface area contributed by atoms with Crippen LogP contribution in [0.4, 0.5) is 0 Å². The zero-order chi connectivity index (χ0) is 15.4. The number of benzene rings is 1. The molecule has 0 aliphatic heterocycles. The minimum absolute atomic E-state index is 0.144. The Labute approximate surface area is 129 Å². The predicted molar refractivity (Wildman–Crippen MR) is 84.1 cm³/mol. The number of amides is 1. The molecule has 112 valence electrons. The second-order valence-corrected chi connectivity index (χ2v) is 5.47.